The first-order valence-corrected chi connectivity index (χ1v) is 3.82. The molecule has 0 aliphatic rings. The van der Waals surface area contributed by atoms with Crippen LogP contribution in [0.3, 0.4) is 0 Å². The molecule has 0 bridgehead atoms. The quantitative estimate of drug-likeness (QED) is 0.642. The van der Waals surface area contributed by atoms with E-state index in [9.17, 15) is 26.3 Å². The number of hydrogen-bond donors (Lipinski definition) is 0. The van der Waals surface area contributed by atoms with E-state index >= 15 is 0 Å². The smallest absolute Gasteiger partial charge is 0.170 e. The van der Waals surface area contributed by atoms with Gasteiger partial charge in [-0.3, -0.25) is 0 Å². The highest BCUT2D eigenvalue weighted by molar-refractivity contribution is 5.22. The van der Waals surface area contributed by atoms with Crippen molar-refractivity contribution in [2.24, 2.45) is 0 Å². The molecular weight excluding hydrogens is 222 g/mol. The van der Waals surface area contributed by atoms with Crippen LogP contribution in [-0.2, 0) is 0 Å². The third-order valence-corrected chi connectivity index (χ3v) is 1.73. The minimum absolute atomic E-state index is 0.756. The molecule has 0 saturated carbocycles. The molecule has 0 spiro atoms. The molecule has 0 nitrogen and oxygen atoms in total. The van der Waals surface area contributed by atoms with Crippen molar-refractivity contribution >= 4 is 0 Å². The molecule has 15 heavy (non-hydrogen) atoms. The Labute approximate surface area is 81.5 Å². The van der Waals surface area contributed by atoms with E-state index in [2.05, 4.69) is 6.07 Å². The maximum absolute atomic E-state index is 12.2. The van der Waals surface area contributed by atoms with E-state index in [-0.39, 0.29) is 0 Å². The van der Waals surface area contributed by atoms with Crippen molar-refractivity contribution < 1.29 is 26.3 Å². The van der Waals surface area contributed by atoms with E-state index in [1.807, 2.05) is 0 Å². The Bertz CT molecular complexity index is 296. The van der Waals surface area contributed by atoms with Gasteiger partial charge >= 0.3 is 12.4 Å². The maximum Gasteiger partial charge on any atom is 0.404 e. The number of hydrogen-bond acceptors (Lipinski definition) is 0. The Balaban J connectivity index is 3.15. The van der Waals surface area contributed by atoms with E-state index in [1.54, 1.807) is 0 Å². The zero-order valence-electron chi connectivity index (χ0n) is 7.15. The third-order valence-electron chi connectivity index (χ3n) is 1.73. The summed E-state index contributed by atoms with van der Waals surface area (Å²) in [6.45, 7) is 0. The minimum Gasteiger partial charge on any atom is -0.170 e. The average Bonchev–Trinajstić information content (AvgIpc) is 2.00. The summed E-state index contributed by atoms with van der Waals surface area (Å²) in [5.74, 6) is -3.43. The lowest BCUT2D eigenvalue weighted by atomic mass is 9.98. The molecule has 0 unspecified atom stereocenters. The van der Waals surface area contributed by atoms with Crippen LogP contribution in [0.2, 0.25) is 0 Å². The van der Waals surface area contributed by atoms with Crippen molar-refractivity contribution in [3.63, 3.8) is 0 Å². The normalized spacial score (nSPS) is 13.3. The summed E-state index contributed by atoms with van der Waals surface area (Å²) in [4.78, 5) is 0. The van der Waals surface area contributed by atoms with Crippen LogP contribution in [0.15, 0.2) is 24.3 Å². The highest BCUT2D eigenvalue weighted by Crippen LogP contribution is 2.45. The fourth-order valence-electron chi connectivity index (χ4n) is 1.16. The lowest BCUT2D eigenvalue weighted by molar-refractivity contribution is -0.253. The van der Waals surface area contributed by atoms with Crippen LogP contribution in [0, 0.1) is 6.07 Å². The topological polar surface area (TPSA) is 0 Å². The first kappa shape index (κ1) is 11.9. The largest absolute Gasteiger partial charge is 0.404 e. The SMILES string of the molecule is FC(F)(F)C(c1cc[c]cc1)C(F)(F)F. The summed E-state index contributed by atoms with van der Waals surface area (Å²) in [5, 5.41) is 0. The van der Waals surface area contributed by atoms with Crippen LogP contribution >= 0.6 is 0 Å². The van der Waals surface area contributed by atoms with Crippen molar-refractivity contribution in [2.75, 3.05) is 0 Å². The second-order valence-corrected chi connectivity index (χ2v) is 2.85. The van der Waals surface area contributed by atoms with Crippen LogP contribution in [0.5, 0.6) is 0 Å². The molecule has 0 aliphatic heterocycles. The third kappa shape index (κ3) is 2.87. The van der Waals surface area contributed by atoms with Crippen molar-refractivity contribution in [2.45, 2.75) is 18.3 Å². The highest BCUT2D eigenvalue weighted by Gasteiger charge is 2.57. The van der Waals surface area contributed by atoms with Gasteiger partial charge in [0.15, 0.2) is 5.92 Å². The molecule has 0 fully saturated rings. The van der Waals surface area contributed by atoms with E-state index in [1.165, 1.54) is 0 Å². The molecule has 0 aromatic heterocycles. The standard InChI is InChI=1S/C9H5F6/c10-8(11,12)7(9(13,14)15)6-4-2-1-3-5-6/h2-5,7H. The van der Waals surface area contributed by atoms with Gasteiger partial charge in [0.2, 0.25) is 0 Å². The maximum atomic E-state index is 12.2. The van der Waals surface area contributed by atoms with Gasteiger partial charge < -0.3 is 0 Å². The van der Waals surface area contributed by atoms with Crippen LogP contribution < -0.4 is 0 Å². The summed E-state index contributed by atoms with van der Waals surface area (Å²) in [7, 11) is 0. The molecule has 0 heterocycles. The zero-order valence-corrected chi connectivity index (χ0v) is 7.15. The van der Waals surface area contributed by atoms with Gasteiger partial charge in [0, 0.05) is 0 Å². The molecule has 1 aromatic rings. The van der Waals surface area contributed by atoms with E-state index < -0.39 is 23.8 Å². The molecule has 6 heteroatoms. The Morgan fingerprint density at radius 3 is 1.60 bits per heavy atom. The Morgan fingerprint density at radius 2 is 1.27 bits per heavy atom. The van der Waals surface area contributed by atoms with Gasteiger partial charge in [0.25, 0.3) is 0 Å². The summed E-state index contributed by atoms with van der Waals surface area (Å²) < 4.78 is 73.0. The fourth-order valence-corrected chi connectivity index (χ4v) is 1.16. The predicted molar refractivity (Wildman–Crippen MR) is 40.1 cm³/mol. The lowest BCUT2D eigenvalue weighted by Gasteiger charge is -2.23. The zero-order chi connectivity index (χ0) is 11.7. The van der Waals surface area contributed by atoms with Gasteiger partial charge in [0.05, 0.1) is 0 Å². The molecule has 0 aliphatic carbocycles. The Morgan fingerprint density at radius 1 is 0.867 bits per heavy atom. The predicted octanol–water partition coefficient (Wildman–Crippen LogP) is 3.69. The number of halogens is 6. The Kier molecular flexibility index (Phi) is 2.97. The van der Waals surface area contributed by atoms with Crippen molar-refractivity contribution in [3.8, 4) is 0 Å². The molecule has 1 radical (unpaired) electrons. The molecule has 0 amide bonds. The monoisotopic (exact) mass is 227 g/mol. The van der Waals surface area contributed by atoms with Gasteiger partial charge in [-0.2, -0.15) is 26.3 Å². The molecule has 83 valence electrons. The van der Waals surface area contributed by atoms with Crippen LogP contribution in [0.4, 0.5) is 26.3 Å². The average molecular weight is 227 g/mol. The van der Waals surface area contributed by atoms with Crippen molar-refractivity contribution in [1.82, 2.24) is 0 Å². The summed E-state index contributed by atoms with van der Waals surface area (Å²) >= 11 is 0. The fraction of sp³-hybridized carbons (Fsp3) is 0.333. The van der Waals surface area contributed by atoms with E-state index in [0.717, 1.165) is 24.3 Å². The lowest BCUT2D eigenvalue weighted by Crippen LogP contribution is -2.34. The van der Waals surface area contributed by atoms with Gasteiger partial charge in [-0.25, -0.2) is 0 Å². The summed E-state index contributed by atoms with van der Waals surface area (Å²) in [5.41, 5.74) is -0.825. The molecule has 1 rings (SSSR count). The van der Waals surface area contributed by atoms with Gasteiger partial charge in [-0.1, -0.05) is 24.3 Å². The number of benzene rings is 1. The van der Waals surface area contributed by atoms with Crippen molar-refractivity contribution in [1.29, 1.82) is 0 Å². The van der Waals surface area contributed by atoms with Crippen LogP contribution in [0.1, 0.15) is 11.5 Å². The molecule has 1 aromatic carbocycles. The summed E-state index contributed by atoms with van der Waals surface area (Å²) in [6, 6.07) is 5.89. The summed E-state index contributed by atoms with van der Waals surface area (Å²) in [6.07, 6.45) is -10.7. The van der Waals surface area contributed by atoms with Gasteiger partial charge in [0.1, 0.15) is 0 Å². The molecule has 0 saturated heterocycles. The van der Waals surface area contributed by atoms with E-state index in [0.29, 0.717) is 0 Å². The highest BCUT2D eigenvalue weighted by atomic mass is 19.4. The second-order valence-electron chi connectivity index (χ2n) is 2.85. The van der Waals surface area contributed by atoms with E-state index in [4.69, 9.17) is 0 Å². The molecule has 0 atom stereocenters. The molecular formula is C9H5F6. The van der Waals surface area contributed by atoms with Crippen LogP contribution in [0.25, 0.3) is 0 Å². The van der Waals surface area contributed by atoms with Gasteiger partial charge in [-0.05, 0) is 11.6 Å². The van der Waals surface area contributed by atoms with Crippen LogP contribution in [-0.4, -0.2) is 12.4 Å². The first-order valence-electron chi connectivity index (χ1n) is 3.82. The first-order chi connectivity index (χ1) is 6.73. The van der Waals surface area contributed by atoms with Gasteiger partial charge in [-0.15, -0.1) is 0 Å². The minimum atomic E-state index is -5.33. The molecule has 0 N–H and O–H groups in total. The number of alkyl halides is 6. The van der Waals surface area contributed by atoms with Crippen molar-refractivity contribution in [3.05, 3.63) is 35.9 Å². The Hall–Kier alpha value is -1.20. The number of rotatable bonds is 1. The second kappa shape index (κ2) is 3.75.